The maximum absolute atomic E-state index is 12.3. The molecule has 0 aromatic carbocycles. The number of aromatic nitrogens is 1. The summed E-state index contributed by atoms with van der Waals surface area (Å²) in [5.74, 6) is 0.847. The van der Waals surface area contributed by atoms with Gasteiger partial charge in [-0.05, 0) is 31.1 Å². The number of anilines is 1. The number of hydrogen-bond donors (Lipinski definition) is 2. The lowest BCUT2D eigenvalue weighted by atomic mass is 9.88. The average Bonchev–Trinajstić information content (AvgIpc) is 3.36. The summed E-state index contributed by atoms with van der Waals surface area (Å²) < 4.78 is 5.32. The molecule has 2 bridgehead atoms. The molecule has 3 atom stereocenters. The van der Waals surface area contributed by atoms with Crippen molar-refractivity contribution in [3.8, 4) is 0 Å². The molecule has 130 valence electrons. The van der Waals surface area contributed by atoms with Gasteiger partial charge in [0.2, 0.25) is 5.91 Å². The topological polar surface area (TPSA) is 83.6 Å². The van der Waals surface area contributed by atoms with E-state index >= 15 is 0 Å². The summed E-state index contributed by atoms with van der Waals surface area (Å²) in [5.41, 5.74) is 5.45. The van der Waals surface area contributed by atoms with E-state index in [-0.39, 0.29) is 17.7 Å². The zero-order valence-electron chi connectivity index (χ0n) is 13.5. The van der Waals surface area contributed by atoms with Gasteiger partial charge < -0.3 is 9.64 Å². The molecular formula is C16H22N4O3S. The van der Waals surface area contributed by atoms with Crippen molar-refractivity contribution in [2.45, 2.75) is 25.7 Å². The number of carbonyl (C=O) groups is 2. The molecule has 1 saturated heterocycles. The molecule has 0 spiro atoms. The van der Waals surface area contributed by atoms with Crippen LogP contribution in [-0.4, -0.2) is 43.1 Å². The van der Waals surface area contributed by atoms with Crippen molar-refractivity contribution in [1.29, 1.82) is 0 Å². The first-order chi connectivity index (χ1) is 11.7. The highest BCUT2D eigenvalue weighted by atomic mass is 32.1. The second kappa shape index (κ2) is 6.68. The molecule has 8 heteroatoms. The third-order valence-corrected chi connectivity index (χ3v) is 6.28. The standard InChI is InChI=1S/C16H22N4O3S/c21-14(12-8-10-1-2-11(12)7-10)18-19-15(22)13-9-24-16(17-13)20-3-5-23-6-4-20/h9-12H,1-8H2,(H,18,21)(H,19,22). The van der Waals surface area contributed by atoms with Crippen molar-refractivity contribution in [1.82, 2.24) is 15.8 Å². The second-order valence-corrected chi connectivity index (χ2v) is 7.68. The molecule has 4 rings (SSSR count). The van der Waals surface area contributed by atoms with E-state index in [2.05, 4.69) is 20.7 Å². The van der Waals surface area contributed by atoms with Crippen LogP contribution in [0.1, 0.15) is 36.2 Å². The number of amides is 2. The van der Waals surface area contributed by atoms with Gasteiger partial charge >= 0.3 is 0 Å². The lowest BCUT2D eigenvalue weighted by molar-refractivity contribution is -0.127. The van der Waals surface area contributed by atoms with Crippen molar-refractivity contribution in [3.63, 3.8) is 0 Å². The van der Waals surface area contributed by atoms with Gasteiger partial charge in [0, 0.05) is 24.4 Å². The first kappa shape index (κ1) is 15.8. The fourth-order valence-electron chi connectivity index (χ4n) is 4.11. The third kappa shape index (κ3) is 3.12. The predicted octanol–water partition coefficient (Wildman–Crippen LogP) is 1.18. The molecule has 2 N–H and O–H groups in total. The van der Waals surface area contributed by atoms with Crippen molar-refractivity contribution < 1.29 is 14.3 Å². The number of morpholine rings is 1. The Morgan fingerprint density at radius 1 is 1.21 bits per heavy atom. The SMILES string of the molecule is O=C(NNC(=O)C1CC2CCC1C2)c1csc(N2CCOCC2)n1. The number of carbonyl (C=O) groups excluding carboxylic acids is 2. The molecule has 0 radical (unpaired) electrons. The molecule has 3 aliphatic rings. The number of nitrogens with zero attached hydrogens (tertiary/aromatic N) is 2. The van der Waals surface area contributed by atoms with Crippen molar-refractivity contribution in [2.75, 3.05) is 31.2 Å². The minimum Gasteiger partial charge on any atom is -0.378 e. The Hall–Kier alpha value is -1.67. The van der Waals surface area contributed by atoms with Crippen LogP contribution in [0.2, 0.25) is 0 Å². The molecule has 24 heavy (non-hydrogen) atoms. The Morgan fingerprint density at radius 2 is 2.04 bits per heavy atom. The van der Waals surface area contributed by atoms with Crippen molar-refractivity contribution in [2.24, 2.45) is 17.8 Å². The van der Waals surface area contributed by atoms with E-state index in [0.717, 1.165) is 31.1 Å². The quantitative estimate of drug-likeness (QED) is 0.800. The number of thiazole rings is 1. The fourth-order valence-corrected chi connectivity index (χ4v) is 4.97. The predicted molar refractivity (Wildman–Crippen MR) is 89.7 cm³/mol. The molecule has 1 aliphatic heterocycles. The third-order valence-electron chi connectivity index (χ3n) is 5.38. The van der Waals surface area contributed by atoms with E-state index in [1.54, 1.807) is 5.38 Å². The van der Waals surface area contributed by atoms with E-state index in [1.807, 2.05) is 0 Å². The number of fused-ring (bicyclic) bond motifs is 2. The maximum atomic E-state index is 12.3. The van der Waals surface area contributed by atoms with Crippen LogP contribution in [0.15, 0.2) is 5.38 Å². The minimum atomic E-state index is -0.359. The Balaban J connectivity index is 1.30. The lowest BCUT2D eigenvalue weighted by Crippen LogP contribution is -2.45. The van der Waals surface area contributed by atoms with Gasteiger partial charge in [0.1, 0.15) is 5.69 Å². The first-order valence-electron chi connectivity index (χ1n) is 8.59. The zero-order chi connectivity index (χ0) is 16.5. The van der Waals surface area contributed by atoms with Gasteiger partial charge in [0.15, 0.2) is 5.13 Å². The fraction of sp³-hybridized carbons (Fsp3) is 0.688. The first-order valence-corrected chi connectivity index (χ1v) is 9.47. The summed E-state index contributed by atoms with van der Waals surface area (Å²) in [6.45, 7) is 2.94. The van der Waals surface area contributed by atoms with Gasteiger partial charge in [0.05, 0.1) is 13.2 Å². The zero-order valence-corrected chi connectivity index (χ0v) is 14.3. The van der Waals surface area contributed by atoms with Crippen LogP contribution < -0.4 is 15.8 Å². The molecular weight excluding hydrogens is 328 g/mol. The molecule has 3 unspecified atom stereocenters. The van der Waals surface area contributed by atoms with Crippen LogP contribution in [0, 0.1) is 17.8 Å². The second-order valence-electron chi connectivity index (χ2n) is 6.84. The van der Waals surface area contributed by atoms with Crippen LogP contribution in [0.5, 0.6) is 0 Å². The number of hydrogen-bond acceptors (Lipinski definition) is 6. The molecule has 3 fully saturated rings. The molecule has 7 nitrogen and oxygen atoms in total. The summed E-state index contributed by atoms with van der Waals surface area (Å²) in [6.07, 6.45) is 4.53. The van der Waals surface area contributed by atoms with Crippen LogP contribution in [-0.2, 0) is 9.53 Å². The summed E-state index contributed by atoms with van der Waals surface area (Å²) >= 11 is 1.44. The van der Waals surface area contributed by atoms with Gasteiger partial charge in [-0.2, -0.15) is 0 Å². The number of nitrogens with one attached hydrogen (secondary N) is 2. The highest BCUT2D eigenvalue weighted by Crippen LogP contribution is 2.48. The monoisotopic (exact) mass is 350 g/mol. The Bertz CT molecular complexity index is 629. The smallest absolute Gasteiger partial charge is 0.289 e. The van der Waals surface area contributed by atoms with Crippen LogP contribution in [0.4, 0.5) is 5.13 Å². The Labute approximate surface area is 144 Å². The van der Waals surface area contributed by atoms with Gasteiger partial charge in [0.25, 0.3) is 5.91 Å². The molecule has 2 aliphatic carbocycles. The van der Waals surface area contributed by atoms with E-state index in [4.69, 9.17) is 4.74 Å². The summed E-state index contributed by atoms with van der Waals surface area (Å²) in [7, 11) is 0. The van der Waals surface area contributed by atoms with Gasteiger partial charge in [-0.1, -0.05) is 6.42 Å². The molecule has 2 amide bonds. The largest absolute Gasteiger partial charge is 0.378 e. The lowest BCUT2D eigenvalue weighted by Gasteiger charge is -2.25. The van der Waals surface area contributed by atoms with E-state index in [1.165, 1.54) is 24.2 Å². The summed E-state index contributed by atoms with van der Waals surface area (Å²) in [6, 6.07) is 0. The average molecular weight is 350 g/mol. The van der Waals surface area contributed by atoms with Crippen LogP contribution in [0.25, 0.3) is 0 Å². The highest BCUT2D eigenvalue weighted by Gasteiger charge is 2.43. The Kier molecular flexibility index (Phi) is 4.41. The summed E-state index contributed by atoms with van der Waals surface area (Å²) in [5, 5.41) is 2.55. The van der Waals surface area contributed by atoms with Crippen LogP contribution in [0.3, 0.4) is 0 Å². The molecule has 1 aromatic heterocycles. The number of ether oxygens (including phenoxy) is 1. The van der Waals surface area contributed by atoms with Gasteiger partial charge in [-0.15, -0.1) is 11.3 Å². The minimum absolute atomic E-state index is 0.0563. The number of hydrazine groups is 1. The molecule has 2 heterocycles. The maximum Gasteiger partial charge on any atom is 0.289 e. The number of rotatable bonds is 3. The molecule has 1 aromatic rings. The van der Waals surface area contributed by atoms with E-state index < -0.39 is 0 Å². The normalized spacial score (nSPS) is 28.8. The van der Waals surface area contributed by atoms with E-state index in [0.29, 0.717) is 30.7 Å². The van der Waals surface area contributed by atoms with Crippen molar-refractivity contribution >= 4 is 28.3 Å². The summed E-state index contributed by atoms with van der Waals surface area (Å²) in [4.78, 5) is 30.9. The molecule has 2 saturated carbocycles. The Morgan fingerprint density at radius 3 is 2.75 bits per heavy atom. The van der Waals surface area contributed by atoms with Gasteiger partial charge in [-0.3, -0.25) is 20.4 Å². The van der Waals surface area contributed by atoms with Gasteiger partial charge in [-0.25, -0.2) is 4.98 Å². The highest BCUT2D eigenvalue weighted by molar-refractivity contribution is 7.13. The van der Waals surface area contributed by atoms with Crippen LogP contribution >= 0.6 is 11.3 Å². The van der Waals surface area contributed by atoms with E-state index in [9.17, 15) is 9.59 Å². The van der Waals surface area contributed by atoms with Crippen molar-refractivity contribution in [3.05, 3.63) is 11.1 Å².